The Hall–Kier alpha value is -1.35. The molecular formula is C14H21NO2. The van der Waals surface area contributed by atoms with Crippen molar-refractivity contribution in [2.24, 2.45) is 5.41 Å². The second kappa shape index (κ2) is 5.82. The van der Waals surface area contributed by atoms with Gasteiger partial charge in [-0.25, -0.2) is 0 Å². The average molecular weight is 235 g/mol. The SMILES string of the molecule is CCC(C)(CN(C)Cc1ccccc1)C(=O)O. The van der Waals surface area contributed by atoms with Crippen LogP contribution in [0.15, 0.2) is 30.3 Å². The topological polar surface area (TPSA) is 40.5 Å². The van der Waals surface area contributed by atoms with Crippen molar-refractivity contribution in [1.29, 1.82) is 0 Å². The predicted molar refractivity (Wildman–Crippen MR) is 68.8 cm³/mol. The summed E-state index contributed by atoms with van der Waals surface area (Å²) in [5, 5.41) is 9.22. The van der Waals surface area contributed by atoms with Crippen LogP contribution in [0.1, 0.15) is 25.8 Å². The molecule has 1 N–H and O–H groups in total. The van der Waals surface area contributed by atoms with Crippen molar-refractivity contribution >= 4 is 5.97 Å². The quantitative estimate of drug-likeness (QED) is 0.824. The Bertz CT molecular complexity index is 364. The molecule has 0 bridgehead atoms. The summed E-state index contributed by atoms with van der Waals surface area (Å²) in [6, 6.07) is 10.1. The number of carbonyl (C=O) groups is 1. The lowest BCUT2D eigenvalue weighted by atomic mass is 9.87. The summed E-state index contributed by atoms with van der Waals surface area (Å²) in [7, 11) is 1.96. The fraction of sp³-hybridized carbons (Fsp3) is 0.500. The highest BCUT2D eigenvalue weighted by molar-refractivity contribution is 5.74. The minimum absolute atomic E-state index is 0.563. The smallest absolute Gasteiger partial charge is 0.310 e. The van der Waals surface area contributed by atoms with Crippen molar-refractivity contribution in [2.45, 2.75) is 26.8 Å². The first-order valence-corrected chi connectivity index (χ1v) is 5.94. The Kier molecular flexibility index (Phi) is 4.70. The van der Waals surface area contributed by atoms with Gasteiger partial charge in [0.25, 0.3) is 0 Å². The standard InChI is InChI=1S/C14H21NO2/c1-4-14(2,13(16)17)11-15(3)10-12-8-6-5-7-9-12/h5-9H,4,10-11H2,1-3H3,(H,16,17). The third-order valence-electron chi connectivity index (χ3n) is 3.21. The number of carboxylic acids is 1. The van der Waals surface area contributed by atoms with E-state index in [1.807, 2.05) is 32.2 Å². The summed E-state index contributed by atoms with van der Waals surface area (Å²) >= 11 is 0. The van der Waals surface area contributed by atoms with Crippen molar-refractivity contribution < 1.29 is 9.90 Å². The summed E-state index contributed by atoms with van der Waals surface area (Å²) < 4.78 is 0. The molecule has 17 heavy (non-hydrogen) atoms. The van der Waals surface area contributed by atoms with E-state index in [-0.39, 0.29) is 0 Å². The van der Waals surface area contributed by atoms with Gasteiger partial charge < -0.3 is 10.0 Å². The van der Waals surface area contributed by atoms with Crippen molar-refractivity contribution in [1.82, 2.24) is 4.90 Å². The lowest BCUT2D eigenvalue weighted by Crippen LogP contribution is -2.38. The van der Waals surface area contributed by atoms with Crippen LogP contribution >= 0.6 is 0 Å². The first-order valence-electron chi connectivity index (χ1n) is 5.94. The summed E-state index contributed by atoms with van der Waals surface area (Å²) in [5.41, 5.74) is 0.544. The molecule has 1 unspecified atom stereocenters. The Morgan fingerprint density at radius 1 is 1.35 bits per heavy atom. The van der Waals surface area contributed by atoms with Gasteiger partial charge in [0, 0.05) is 13.1 Å². The molecule has 0 amide bonds. The van der Waals surface area contributed by atoms with Crippen LogP contribution < -0.4 is 0 Å². The van der Waals surface area contributed by atoms with Crippen molar-refractivity contribution in [3.63, 3.8) is 0 Å². The Morgan fingerprint density at radius 3 is 2.41 bits per heavy atom. The minimum Gasteiger partial charge on any atom is -0.481 e. The fourth-order valence-corrected chi connectivity index (χ4v) is 1.88. The van der Waals surface area contributed by atoms with Crippen LogP contribution in [0.4, 0.5) is 0 Å². The lowest BCUT2D eigenvalue weighted by molar-refractivity contribution is -0.149. The van der Waals surface area contributed by atoms with Gasteiger partial charge in [0.05, 0.1) is 5.41 Å². The molecule has 0 spiro atoms. The highest BCUT2D eigenvalue weighted by Gasteiger charge is 2.32. The molecule has 1 aromatic rings. The second-order valence-corrected chi connectivity index (χ2v) is 4.88. The van der Waals surface area contributed by atoms with Crippen LogP contribution in [-0.2, 0) is 11.3 Å². The van der Waals surface area contributed by atoms with E-state index < -0.39 is 11.4 Å². The number of hydrogen-bond donors (Lipinski definition) is 1. The van der Waals surface area contributed by atoms with E-state index in [0.29, 0.717) is 13.0 Å². The summed E-state index contributed by atoms with van der Waals surface area (Å²) in [5.74, 6) is -0.722. The molecule has 0 aliphatic carbocycles. The number of hydrogen-bond acceptors (Lipinski definition) is 2. The van der Waals surface area contributed by atoms with Gasteiger partial charge >= 0.3 is 5.97 Å². The van der Waals surface area contributed by atoms with Crippen LogP contribution in [0, 0.1) is 5.41 Å². The van der Waals surface area contributed by atoms with Crippen LogP contribution in [0.3, 0.4) is 0 Å². The number of aliphatic carboxylic acids is 1. The van der Waals surface area contributed by atoms with Crippen LogP contribution in [0.25, 0.3) is 0 Å². The molecular weight excluding hydrogens is 214 g/mol. The largest absolute Gasteiger partial charge is 0.481 e. The maximum absolute atomic E-state index is 11.2. The van der Waals surface area contributed by atoms with Crippen molar-refractivity contribution in [3.05, 3.63) is 35.9 Å². The van der Waals surface area contributed by atoms with Crippen molar-refractivity contribution in [3.8, 4) is 0 Å². The summed E-state index contributed by atoms with van der Waals surface area (Å²) in [6.07, 6.45) is 0.640. The molecule has 0 aliphatic rings. The normalized spacial score (nSPS) is 14.6. The van der Waals surface area contributed by atoms with E-state index in [9.17, 15) is 9.90 Å². The van der Waals surface area contributed by atoms with Gasteiger partial charge in [-0.1, -0.05) is 37.3 Å². The number of carboxylic acid groups (broad SMARTS) is 1. The zero-order valence-corrected chi connectivity index (χ0v) is 10.8. The number of nitrogens with zero attached hydrogens (tertiary/aromatic N) is 1. The molecule has 0 fully saturated rings. The van der Waals surface area contributed by atoms with Gasteiger partial charge in [-0.05, 0) is 26.0 Å². The second-order valence-electron chi connectivity index (χ2n) is 4.88. The Balaban J connectivity index is 2.60. The van der Waals surface area contributed by atoms with Gasteiger partial charge in [-0.2, -0.15) is 0 Å². The lowest BCUT2D eigenvalue weighted by Gasteiger charge is -2.29. The molecule has 3 heteroatoms. The molecule has 1 rings (SSSR count). The molecule has 0 aliphatic heterocycles. The monoisotopic (exact) mass is 235 g/mol. The molecule has 1 atom stereocenters. The summed E-state index contributed by atoms with van der Waals surface area (Å²) in [4.78, 5) is 13.3. The number of benzene rings is 1. The molecule has 0 saturated heterocycles. The molecule has 0 saturated carbocycles. The van der Waals surface area contributed by atoms with E-state index in [1.54, 1.807) is 6.92 Å². The summed E-state index contributed by atoms with van der Waals surface area (Å²) in [6.45, 7) is 5.07. The average Bonchev–Trinajstić information content (AvgIpc) is 2.29. The highest BCUT2D eigenvalue weighted by Crippen LogP contribution is 2.23. The van der Waals surface area contributed by atoms with E-state index in [1.165, 1.54) is 5.56 Å². The third kappa shape index (κ3) is 3.86. The van der Waals surface area contributed by atoms with Crippen LogP contribution in [0.5, 0.6) is 0 Å². The number of rotatable bonds is 6. The van der Waals surface area contributed by atoms with Gasteiger partial charge in [-0.3, -0.25) is 4.79 Å². The first-order chi connectivity index (χ1) is 7.98. The van der Waals surface area contributed by atoms with E-state index >= 15 is 0 Å². The highest BCUT2D eigenvalue weighted by atomic mass is 16.4. The zero-order valence-electron chi connectivity index (χ0n) is 10.8. The third-order valence-corrected chi connectivity index (χ3v) is 3.21. The molecule has 1 aromatic carbocycles. The van der Waals surface area contributed by atoms with Crippen LogP contribution in [0.2, 0.25) is 0 Å². The fourth-order valence-electron chi connectivity index (χ4n) is 1.88. The van der Waals surface area contributed by atoms with Gasteiger partial charge in [-0.15, -0.1) is 0 Å². The molecule has 0 heterocycles. The Morgan fingerprint density at radius 2 is 1.94 bits per heavy atom. The van der Waals surface area contributed by atoms with Gasteiger partial charge in [0.2, 0.25) is 0 Å². The van der Waals surface area contributed by atoms with E-state index in [4.69, 9.17) is 0 Å². The maximum atomic E-state index is 11.2. The molecule has 0 aromatic heterocycles. The molecule has 0 radical (unpaired) electrons. The van der Waals surface area contributed by atoms with Crippen LogP contribution in [-0.4, -0.2) is 29.6 Å². The molecule has 3 nitrogen and oxygen atoms in total. The minimum atomic E-state index is -0.722. The van der Waals surface area contributed by atoms with Gasteiger partial charge in [0.15, 0.2) is 0 Å². The molecule has 94 valence electrons. The van der Waals surface area contributed by atoms with E-state index in [2.05, 4.69) is 17.0 Å². The van der Waals surface area contributed by atoms with E-state index in [0.717, 1.165) is 6.54 Å². The van der Waals surface area contributed by atoms with Crippen molar-refractivity contribution in [2.75, 3.05) is 13.6 Å². The Labute approximate surface area is 103 Å². The first kappa shape index (κ1) is 13.7. The maximum Gasteiger partial charge on any atom is 0.310 e. The predicted octanol–water partition coefficient (Wildman–Crippen LogP) is 2.62. The zero-order chi connectivity index (χ0) is 12.9. The van der Waals surface area contributed by atoms with Gasteiger partial charge in [0.1, 0.15) is 0 Å².